The summed E-state index contributed by atoms with van der Waals surface area (Å²) in [6.45, 7) is 0. The molecule has 1 aliphatic heterocycles. The molecule has 1 unspecified atom stereocenters. The first-order valence-electron chi connectivity index (χ1n) is 4.66. The Labute approximate surface area is 89.3 Å². The van der Waals surface area contributed by atoms with E-state index >= 15 is 0 Å². The molecule has 0 bridgehead atoms. The lowest BCUT2D eigenvalue weighted by Crippen LogP contribution is -2.03. The third-order valence-electron chi connectivity index (χ3n) is 2.45. The van der Waals surface area contributed by atoms with Crippen LogP contribution in [0, 0.1) is 0 Å². The molecule has 1 aromatic rings. The highest BCUT2D eigenvalue weighted by atomic mass is 32.2. The molecule has 3 nitrogen and oxygen atoms in total. The Morgan fingerprint density at radius 3 is 2.80 bits per heavy atom. The predicted octanol–water partition coefficient (Wildman–Crippen LogP) is 1.72. The zero-order chi connectivity index (χ0) is 10.9. The number of hydrogen-bond donors (Lipinski definition) is 0. The van der Waals surface area contributed by atoms with Crippen LogP contribution in [0.3, 0.4) is 0 Å². The summed E-state index contributed by atoms with van der Waals surface area (Å²) in [6.07, 6.45) is 1.73. The largest absolute Gasteiger partial charge is 0.497 e. The Balaban J connectivity index is 2.28. The second-order valence-corrected chi connectivity index (χ2v) is 5.47. The summed E-state index contributed by atoms with van der Waals surface area (Å²) in [7, 11) is -1.39. The highest BCUT2D eigenvalue weighted by Gasteiger charge is 2.23. The van der Waals surface area contributed by atoms with E-state index in [0.29, 0.717) is 0 Å². The molecular formula is C11H12O3S. The van der Waals surface area contributed by atoms with Gasteiger partial charge in [0.25, 0.3) is 0 Å². The average Bonchev–Trinajstić information content (AvgIpc) is 2.59. The molecule has 0 aromatic heterocycles. The molecule has 2 rings (SSSR count). The maximum absolute atomic E-state index is 11.3. The molecule has 1 atom stereocenters. The topological polar surface area (TPSA) is 43.4 Å². The molecule has 0 fully saturated rings. The molecule has 15 heavy (non-hydrogen) atoms. The molecule has 0 spiro atoms. The fourth-order valence-electron chi connectivity index (χ4n) is 1.66. The summed E-state index contributed by atoms with van der Waals surface area (Å²) in [5, 5.41) is 1.29. The molecule has 0 saturated carbocycles. The predicted molar refractivity (Wildman–Crippen MR) is 58.7 cm³/mol. The van der Waals surface area contributed by atoms with Crippen molar-refractivity contribution in [3.63, 3.8) is 0 Å². The van der Waals surface area contributed by atoms with E-state index in [9.17, 15) is 8.42 Å². The lowest BCUT2D eigenvalue weighted by Gasteiger charge is -2.08. The van der Waals surface area contributed by atoms with Gasteiger partial charge in [-0.25, -0.2) is 8.42 Å². The summed E-state index contributed by atoms with van der Waals surface area (Å²) < 4.78 is 27.6. The van der Waals surface area contributed by atoms with Crippen molar-refractivity contribution < 1.29 is 13.2 Å². The Bertz CT molecular complexity index is 488. The van der Waals surface area contributed by atoms with Gasteiger partial charge in [0.2, 0.25) is 0 Å². The van der Waals surface area contributed by atoms with Gasteiger partial charge in [-0.2, -0.15) is 0 Å². The van der Waals surface area contributed by atoms with Crippen LogP contribution in [-0.2, 0) is 9.84 Å². The van der Waals surface area contributed by atoms with Crippen molar-refractivity contribution in [3.05, 3.63) is 41.3 Å². The second kappa shape index (κ2) is 3.70. The van der Waals surface area contributed by atoms with Crippen LogP contribution in [0.2, 0.25) is 0 Å². The molecule has 0 saturated heterocycles. The summed E-state index contributed by atoms with van der Waals surface area (Å²) in [4.78, 5) is 0. The molecular weight excluding hydrogens is 212 g/mol. The van der Waals surface area contributed by atoms with Crippen molar-refractivity contribution in [2.75, 3.05) is 12.9 Å². The summed E-state index contributed by atoms with van der Waals surface area (Å²) in [5.74, 6) is 0.885. The number of benzene rings is 1. The molecule has 0 amide bonds. The van der Waals surface area contributed by atoms with Gasteiger partial charge < -0.3 is 4.74 Å². The smallest absolute Gasteiger partial charge is 0.172 e. The fraction of sp³-hybridized carbons (Fsp3) is 0.273. The van der Waals surface area contributed by atoms with Crippen molar-refractivity contribution in [1.29, 1.82) is 0 Å². The van der Waals surface area contributed by atoms with Crippen LogP contribution >= 0.6 is 0 Å². The minimum atomic E-state index is -2.98. The minimum absolute atomic E-state index is 0.0369. The highest BCUT2D eigenvalue weighted by molar-refractivity contribution is 7.94. The third-order valence-corrected chi connectivity index (χ3v) is 3.85. The third kappa shape index (κ3) is 2.21. The Morgan fingerprint density at radius 1 is 1.40 bits per heavy atom. The number of hydrogen-bond acceptors (Lipinski definition) is 3. The average molecular weight is 224 g/mol. The zero-order valence-electron chi connectivity index (χ0n) is 8.38. The minimum Gasteiger partial charge on any atom is -0.497 e. The van der Waals surface area contributed by atoms with Crippen LogP contribution in [0.15, 0.2) is 35.7 Å². The van der Waals surface area contributed by atoms with Gasteiger partial charge in [-0.1, -0.05) is 18.2 Å². The fourth-order valence-corrected chi connectivity index (χ4v) is 3.00. The Morgan fingerprint density at radius 2 is 2.20 bits per heavy atom. The van der Waals surface area contributed by atoms with E-state index in [1.54, 1.807) is 13.2 Å². The van der Waals surface area contributed by atoms with Gasteiger partial charge >= 0.3 is 0 Å². The van der Waals surface area contributed by atoms with Gasteiger partial charge in [0.05, 0.1) is 12.9 Å². The molecule has 1 aromatic carbocycles. The van der Waals surface area contributed by atoms with E-state index in [-0.39, 0.29) is 11.7 Å². The van der Waals surface area contributed by atoms with Gasteiger partial charge in [0.15, 0.2) is 9.84 Å². The van der Waals surface area contributed by atoms with E-state index < -0.39 is 9.84 Å². The van der Waals surface area contributed by atoms with Gasteiger partial charge in [0, 0.05) is 11.3 Å². The van der Waals surface area contributed by atoms with Gasteiger partial charge in [-0.05, 0) is 17.7 Å². The highest BCUT2D eigenvalue weighted by Crippen LogP contribution is 2.27. The van der Waals surface area contributed by atoms with E-state index in [1.165, 1.54) is 5.41 Å². The van der Waals surface area contributed by atoms with Crippen LogP contribution < -0.4 is 4.74 Å². The molecule has 80 valence electrons. The number of rotatable bonds is 2. The van der Waals surface area contributed by atoms with E-state index in [1.807, 2.05) is 24.3 Å². The number of methoxy groups -OCH3 is 1. The molecule has 4 heteroatoms. The first kappa shape index (κ1) is 10.2. The molecule has 1 heterocycles. The summed E-state index contributed by atoms with van der Waals surface area (Å²) in [5.41, 5.74) is 0.978. The van der Waals surface area contributed by atoms with Crippen LogP contribution in [0.4, 0.5) is 0 Å². The second-order valence-electron chi connectivity index (χ2n) is 3.54. The van der Waals surface area contributed by atoms with Crippen molar-refractivity contribution >= 4 is 9.84 Å². The number of sulfone groups is 1. The first-order valence-corrected chi connectivity index (χ1v) is 6.37. The maximum Gasteiger partial charge on any atom is 0.172 e. The van der Waals surface area contributed by atoms with Crippen LogP contribution in [0.5, 0.6) is 5.75 Å². The normalized spacial score (nSPS) is 22.9. The van der Waals surface area contributed by atoms with Gasteiger partial charge in [-0.15, -0.1) is 0 Å². The van der Waals surface area contributed by atoms with Gasteiger partial charge in [-0.3, -0.25) is 0 Å². The van der Waals surface area contributed by atoms with Crippen molar-refractivity contribution in [1.82, 2.24) is 0 Å². The number of ether oxygens (including phenoxy) is 1. The molecule has 0 radical (unpaired) electrons. The molecule has 1 aliphatic rings. The van der Waals surface area contributed by atoms with Gasteiger partial charge in [0.1, 0.15) is 5.75 Å². The molecule has 0 aliphatic carbocycles. The Hall–Kier alpha value is -1.29. The van der Waals surface area contributed by atoms with E-state index in [0.717, 1.165) is 11.3 Å². The standard InChI is InChI=1S/C11H12O3S/c1-14-11-4-2-3-9(7-11)10-5-6-15(12,13)8-10/h2-7,10H,8H2,1H3. The van der Waals surface area contributed by atoms with Crippen LogP contribution in [0.1, 0.15) is 11.5 Å². The quantitative estimate of drug-likeness (QED) is 0.768. The van der Waals surface area contributed by atoms with Crippen LogP contribution in [0.25, 0.3) is 0 Å². The lowest BCUT2D eigenvalue weighted by atomic mass is 10.0. The van der Waals surface area contributed by atoms with Crippen molar-refractivity contribution in [2.24, 2.45) is 0 Å². The lowest BCUT2D eigenvalue weighted by molar-refractivity contribution is 0.414. The zero-order valence-corrected chi connectivity index (χ0v) is 9.20. The maximum atomic E-state index is 11.3. The summed E-state index contributed by atoms with van der Waals surface area (Å²) in [6, 6.07) is 7.50. The van der Waals surface area contributed by atoms with E-state index in [2.05, 4.69) is 0 Å². The monoisotopic (exact) mass is 224 g/mol. The van der Waals surface area contributed by atoms with Crippen molar-refractivity contribution in [3.8, 4) is 5.75 Å². The van der Waals surface area contributed by atoms with Crippen LogP contribution in [-0.4, -0.2) is 21.3 Å². The summed E-state index contributed by atoms with van der Waals surface area (Å²) >= 11 is 0. The SMILES string of the molecule is COc1cccc(C2C=CS(=O)(=O)C2)c1. The molecule has 0 N–H and O–H groups in total. The number of allylic oxidation sites excluding steroid dienone is 1. The first-order chi connectivity index (χ1) is 7.11. The van der Waals surface area contributed by atoms with Crippen molar-refractivity contribution in [2.45, 2.75) is 5.92 Å². The van der Waals surface area contributed by atoms with E-state index in [4.69, 9.17) is 4.74 Å². The Kier molecular flexibility index (Phi) is 2.52.